The summed E-state index contributed by atoms with van der Waals surface area (Å²) in [6, 6.07) is 15.7. The third kappa shape index (κ3) is 3.75. The lowest BCUT2D eigenvalue weighted by Gasteiger charge is -2.16. The fraction of sp³-hybridized carbons (Fsp3) is 0.0435. The Morgan fingerprint density at radius 1 is 0.935 bits per heavy atom. The van der Waals surface area contributed by atoms with Gasteiger partial charge in [-0.25, -0.2) is 13.7 Å². The van der Waals surface area contributed by atoms with E-state index >= 15 is 0 Å². The average molecular weight is 441 g/mol. The van der Waals surface area contributed by atoms with Crippen LogP contribution in [0.1, 0.15) is 5.56 Å². The van der Waals surface area contributed by atoms with Gasteiger partial charge in [0.2, 0.25) is 0 Å². The van der Waals surface area contributed by atoms with Crippen molar-refractivity contribution in [2.24, 2.45) is 0 Å². The number of nitrogens with one attached hydrogen (secondary N) is 1. The van der Waals surface area contributed by atoms with Gasteiger partial charge in [0.15, 0.2) is 0 Å². The molecule has 1 aliphatic heterocycles. The van der Waals surface area contributed by atoms with Crippen LogP contribution in [0.4, 0.5) is 20.2 Å². The van der Waals surface area contributed by atoms with Gasteiger partial charge in [-0.15, -0.1) is 0 Å². The molecule has 1 heterocycles. The fourth-order valence-electron chi connectivity index (χ4n) is 3.31. The normalized spacial score (nSPS) is 13.7. The summed E-state index contributed by atoms with van der Waals surface area (Å²) in [4.78, 5) is 27.1. The van der Waals surface area contributed by atoms with Crippen LogP contribution >= 0.6 is 11.6 Å². The molecule has 8 heteroatoms. The van der Waals surface area contributed by atoms with Crippen LogP contribution in [0.5, 0.6) is 5.75 Å². The van der Waals surface area contributed by atoms with E-state index in [1.807, 2.05) is 0 Å². The van der Waals surface area contributed by atoms with Crippen molar-refractivity contribution in [3.05, 3.63) is 94.6 Å². The molecule has 0 saturated carbocycles. The van der Waals surface area contributed by atoms with E-state index < -0.39 is 29.1 Å². The van der Waals surface area contributed by atoms with Crippen molar-refractivity contribution in [2.45, 2.75) is 0 Å². The summed E-state index contributed by atoms with van der Waals surface area (Å²) in [5, 5.41) is 3.28. The third-order valence-electron chi connectivity index (χ3n) is 4.72. The smallest absolute Gasteiger partial charge is 0.282 e. The minimum Gasteiger partial charge on any atom is -0.495 e. The molecule has 0 aliphatic carbocycles. The Morgan fingerprint density at radius 2 is 1.68 bits per heavy atom. The molecule has 5 nitrogen and oxygen atoms in total. The van der Waals surface area contributed by atoms with E-state index in [2.05, 4.69) is 5.32 Å². The number of carbonyl (C=O) groups excluding carboxylic acids is 2. The molecule has 31 heavy (non-hydrogen) atoms. The molecule has 4 rings (SSSR count). The number of ether oxygens (including phenoxy) is 1. The van der Waals surface area contributed by atoms with Crippen LogP contribution in [0.15, 0.2) is 72.4 Å². The Balaban J connectivity index is 1.87. The van der Waals surface area contributed by atoms with Gasteiger partial charge in [-0.1, -0.05) is 41.9 Å². The average Bonchev–Trinajstić information content (AvgIpc) is 3.00. The van der Waals surface area contributed by atoms with E-state index in [-0.39, 0.29) is 11.3 Å². The Bertz CT molecular complexity index is 1230. The molecule has 3 aromatic rings. The van der Waals surface area contributed by atoms with E-state index in [0.717, 1.165) is 18.2 Å². The Kier molecular flexibility index (Phi) is 5.44. The van der Waals surface area contributed by atoms with Gasteiger partial charge < -0.3 is 10.1 Å². The van der Waals surface area contributed by atoms with Crippen molar-refractivity contribution in [3.63, 3.8) is 0 Å². The maximum atomic E-state index is 14.4. The number of imide groups is 1. The molecular formula is C23H15ClF2N2O3. The first kappa shape index (κ1) is 20.6. The first-order chi connectivity index (χ1) is 14.9. The molecule has 156 valence electrons. The van der Waals surface area contributed by atoms with Crippen LogP contribution in [0.25, 0.3) is 5.57 Å². The molecular weight excluding hydrogens is 426 g/mol. The van der Waals surface area contributed by atoms with Crippen LogP contribution < -0.4 is 15.0 Å². The minimum absolute atomic E-state index is 0.0105. The standard InChI is InChI=1S/C23H15ClF2N2O3/c1-31-19-10-7-14(24)11-17(19)27-21-20(13-5-3-2-4-6-13)22(29)28(23(21)30)18-12-15(25)8-9-16(18)26/h2-12,27H,1H3. The molecule has 1 N–H and O–H groups in total. The highest BCUT2D eigenvalue weighted by molar-refractivity contribution is 6.46. The monoisotopic (exact) mass is 440 g/mol. The van der Waals surface area contributed by atoms with Crippen LogP contribution in [0, 0.1) is 11.6 Å². The summed E-state index contributed by atoms with van der Waals surface area (Å²) < 4.78 is 33.5. The van der Waals surface area contributed by atoms with Gasteiger partial charge in [-0.2, -0.15) is 0 Å². The molecule has 3 aromatic carbocycles. The van der Waals surface area contributed by atoms with E-state index in [1.54, 1.807) is 42.5 Å². The highest BCUT2D eigenvalue weighted by atomic mass is 35.5. The Morgan fingerprint density at radius 3 is 2.39 bits per heavy atom. The molecule has 1 aliphatic rings. The van der Waals surface area contributed by atoms with Crippen molar-refractivity contribution < 1.29 is 23.1 Å². The summed E-state index contributed by atoms with van der Waals surface area (Å²) in [5.74, 6) is -2.94. The molecule has 0 radical (unpaired) electrons. The van der Waals surface area contributed by atoms with E-state index in [4.69, 9.17) is 16.3 Å². The number of methoxy groups -OCH3 is 1. The maximum absolute atomic E-state index is 14.4. The zero-order chi connectivity index (χ0) is 22.1. The van der Waals surface area contributed by atoms with Gasteiger partial charge in [0, 0.05) is 11.1 Å². The molecule has 0 spiro atoms. The van der Waals surface area contributed by atoms with Crippen LogP contribution in [0.3, 0.4) is 0 Å². The van der Waals surface area contributed by atoms with Crippen molar-refractivity contribution >= 4 is 40.4 Å². The van der Waals surface area contributed by atoms with Crippen molar-refractivity contribution in [1.82, 2.24) is 0 Å². The zero-order valence-corrected chi connectivity index (χ0v) is 16.9. The molecule has 0 atom stereocenters. The fourth-order valence-corrected chi connectivity index (χ4v) is 3.48. The van der Waals surface area contributed by atoms with Crippen LogP contribution in [-0.2, 0) is 9.59 Å². The lowest BCUT2D eigenvalue weighted by molar-refractivity contribution is -0.120. The predicted molar refractivity (Wildman–Crippen MR) is 114 cm³/mol. The summed E-state index contributed by atoms with van der Waals surface area (Å²) in [6.07, 6.45) is 0. The molecule has 0 saturated heterocycles. The Hall–Kier alpha value is -3.71. The van der Waals surface area contributed by atoms with E-state index in [1.165, 1.54) is 13.2 Å². The molecule has 2 amide bonds. The van der Waals surface area contributed by atoms with Crippen LogP contribution in [-0.4, -0.2) is 18.9 Å². The molecule has 0 aromatic heterocycles. The van der Waals surface area contributed by atoms with E-state index in [9.17, 15) is 18.4 Å². The summed E-state index contributed by atoms with van der Waals surface area (Å²) in [7, 11) is 1.44. The third-order valence-corrected chi connectivity index (χ3v) is 4.95. The number of amides is 2. The lowest BCUT2D eigenvalue weighted by Crippen LogP contribution is -2.33. The van der Waals surface area contributed by atoms with Gasteiger partial charge in [0.25, 0.3) is 11.8 Å². The summed E-state index contributed by atoms with van der Waals surface area (Å²) >= 11 is 6.08. The number of nitrogens with zero attached hydrogens (tertiary/aromatic N) is 1. The van der Waals surface area contributed by atoms with Gasteiger partial charge in [-0.3, -0.25) is 9.59 Å². The second-order valence-corrected chi connectivity index (χ2v) is 7.06. The number of anilines is 2. The molecule has 0 fully saturated rings. The topological polar surface area (TPSA) is 58.6 Å². The summed E-state index contributed by atoms with van der Waals surface area (Å²) in [6.45, 7) is 0. The lowest BCUT2D eigenvalue weighted by atomic mass is 10.0. The minimum atomic E-state index is -0.905. The second kappa shape index (κ2) is 8.20. The Labute approximate surface area is 181 Å². The SMILES string of the molecule is COc1ccc(Cl)cc1NC1=C(c2ccccc2)C(=O)N(c2cc(F)ccc2F)C1=O. The van der Waals surface area contributed by atoms with Gasteiger partial charge in [0.05, 0.1) is 24.1 Å². The quantitative estimate of drug-likeness (QED) is 0.566. The van der Waals surface area contributed by atoms with E-state index in [0.29, 0.717) is 26.9 Å². The maximum Gasteiger partial charge on any atom is 0.282 e. The molecule has 0 unspecified atom stereocenters. The number of hydrogen-bond donors (Lipinski definition) is 1. The first-order valence-electron chi connectivity index (χ1n) is 9.15. The largest absolute Gasteiger partial charge is 0.495 e. The number of benzene rings is 3. The van der Waals surface area contributed by atoms with Crippen LogP contribution in [0.2, 0.25) is 5.02 Å². The van der Waals surface area contributed by atoms with Gasteiger partial charge >= 0.3 is 0 Å². The first-order valence-corrected chi connectivity index (χ1v) is 9.52. The van der Waals surface area contributed by atoms with Crippen molar-refractivity contribution in [2.75, 3.05) is 17.3 Å². The van der Waals surface area contributed by atoms with Gasteiger partial charge in [-0.05, 0) is 35.9 Å². The summed E-state index contributed by atoms with van der Waals surface area (Å²) in [5.41, 5.74) is 0.194. The van der Waals surface area contributed by atoms with Gasteiger partial charge in [0.1, 0.15) is 23.1 Å². The number of hydrogen-bond acceptors (Lipinski definition) is 4. The van der Waals surface area contributed by atoms with Crippen molar-refractivity contribution in [3.8, 4) is 5.75 Å². The zero-order valence-electron chi connectivity index (χ0n) is 16.2. The molecule has 0 bridgehead atoms. The highest BCUT2D eigenvalue weighted by Crippen LogP contribution is 2.37. The predicted octanol–water partition coefficient (Wildman–Crippen LogP) is 5.02. The number of rotatable bonds is 5. The number of halogens is 3. The second-order valence-electron chi connectivity index (χ2n) is 6.63. The number of carbonyl (C=O) groups is 2. The highest BCUT2D eigenvalue weighted by Gasteiger charge is 2.41. The van der Waals surface area contributed by atoms with Crippen molar-refractivity contribution in [1.29, 1.82) is 0 Å².